The highest BCUT2D eigenvalue weighted by molar-refractivity contribution is 7.80. The number of aliphatic hydroxyl groups is 1. The van der Waals surface area contributed by atoms with Gasteiger partial charge in [0.1, 0.15) is 16.8 Å². The number of thiol groups is 1. The molecule has 1 aromatic heterocycles. The number of nitrogens with one attached hydrogen (secondary N) is 1. The number of aliphatic hydroxyl groups excluding tert-OH is 1. The molecule has 0 spiro atoms. The lowest BCUT2D eigenvalue weighted by molar-refractivity contribution is -0.339. The van der Waals surface area contributed by atoms with Crippen molar-refractivity contribution in [2.24, 2.45) is 0 Å². The van der Waals surface area contributed by atoms with Crippen LogP contribution in [0.5, 0.6) is 0 Å². The van der Waals surface area contributed by atoms with Crippen molar-refractivity contribution in [1.29, 1.82) is 0 Å². The molecule has 0 saturated carbocycles. The van der Waals surface area contributed by atoms with E-state index in [2.05, 4.69) is 17.6 Å². The van der Waals surface area contributed by atoms with Gasteiger partial charge in [0.15, 0.2) is 0 Å². The van der Waals surface area contributed by atoms with E-state index in [9.17, 15) is 9.90 Å². The quantitative estimate of drug-likeness (QED) is 0.123. The Morgan fingerprint density at radius 1 is 0.950 bits per heavy atom. The van der Waals surface area contributed by atoms with E-state index in [4.69, 9.17) is 26.4 Å². The van der Waals surface area contributed by atoms with Gasteiger partial charge in [0.2, 0.25) is 11.5 Å². The largest absolute Gasteiger partial charge is 0.385 e. The number of benzene rings is 3. The zero-order chi connectivity index (χ0) is 28.5. The van der Waals surface area contributed by atoms with Gasteiger partial charge in [-0.1, -0.05) is 103 Å². The molecule has 7 nitrogen and oxygen atoms in total. The molecular weight excluding hydrogens is 544 g/mol. The second-order valence-electron chi connectivity index (χ2n) is 9.79. The predicted molar refractivity (Wildman–Crippen MR) is 159 cm³/mol. The monoisotopic (exact) mass is 576 g/mol. The smallest absolute Gasteiger partial charge is 0.329 e. The van der Waals surface area contributed by atoms with E-state index in [0.29, 0.717) is 10.2 Å². The highest BCUT2D eigenvalue weighted by Gasteiger charge is 2.77. The van der Waals surface area contributed by atoms with Gasteiger partial charge in [-0.2, -0.15) is 12.6 Å². The van der Waals surface area contributed by atoms with Gasteiger partial charge in [0.25, 0.3) is 0 Å². The third-order valence-corrected chi connectivity index (χ3v) is 8.69. The van der Waals surface area contributed by atoms with Crippen molar-refractivity contribution in [3.05, 3.63) is 135 Å². The minimum Gasteiger partial charge on any atom is -0.385 e. The zero-order valence-corrected chi connectivity index (χ0v) is 24.2. The number of nitrogens with zero attached hydrogens (tertiary/aromatic N) is 1. The highest BCUT2D eigenvalue weighted by atomic mass is 32.1. The summed E-state index contributed by atoms with van der Waals surface area (Å²) in [6.45, 7) is 1.81. The summed E-state index contributed by atoms with van der Waals surface area (Å²) in [5.41, 5.74) is -0.769. The normalized spacial score (nSPS) is 22.3. The Balaban J connectivity index is 2.13. The molecule has 40 heavy (non-hydrogen) atoms. The van der Waals surface area contributed by atoms with Crippen molar-refractivity contribution in [3.8, 4) is 0 Å². The number of aromatic amines is 1. The second-order valence-corrected chi connectivity index (χ2v) is 10.6. The van der Waals surface area contributed by atoms with Gasteiger partial charge in [-0.15, -0.1) is 0 Å². The molecule has 0 amide bonds. The first-order valence-electron chi connectivity index (χ1n) is 12.9. The van der Waals surface area contributed by atoms with Gasteiger partial charge in [-0.25, -0.2) is 4.79 Å². The predicted octanol–water partition coefficient (Wildman–Crippen LogP) is 4.58. The lowest BCUT2D eigenvalue weighted by atomic mass is 9.59. The molecule has 1 saturated heterocycles. The number of aromatic nitrogens is 2. The number of aryl methyl sites for hydroxylation is 1. The minimum atomic E-state index is -1.91. The van der Waals surface area contributed by atoms with E-state index in [-0.39, 0.29) is 5.75 Å². The Kier molecular flexibility index (Phi) is 7.89. The van der Waals surface area contributed by atoms with E-state index in [0.717, 1.165) is 16.7 Å². The van der Waals surface area contributed by atoms with Crippen LogP contribution in [0.2, 0.25) is 0 Å². The average Bonchev–Trinajstić information content (AvgIpc) is 3.25. The summed E-state index contributed by atoms with van der Waals surface area (Å²) >= 11 is 9.97. The number of ether oxygens (including phenoxy) is 3. The van der Waals surface area contributed by atoms with E-state index in [1.807, 2.05) is 91.0 Å². The van der Waals surface area contributed by atoms with Crippen molar-refractivity contribution < 1.29 is 19.3 Å². The van der Waals surface area contributed by atoms with Crippen LogP contribution in [0.15, 0.2) is 102 Å². The molecule has 2 N–H and O–H groups in total. The van der Waals surface area contributed by atoms with Crippen molar-refractivity contribution in [2.45, 2.75) is 36.1 Å². The molecule has 1 aliphatic rings. The van der Waals surface area contributed by atoms with E-state index in [1.54, 1.807) is 13.1 Å². The molecule has 0 bridgehead atoms. The van der Waals surface area contributed by atoms with Crippen LogP contribution >= 0.6 is 24.8 Å². The van der Waals surface area contributed by atoms with Crippen molar-refractivity contribution in [1.82, 2.24) is 9.55 Å². The molecule has 208 valence electrons. The molecular formula is C31H32N2O5S2. The lowest BCUT2D eigenvalue weighted by Gasteiger charge is -2.55. The molecule has 0 aliphatic carbocycles. The van der Waals surface area contributed by atoms with Gasteiger partial charge in [-0.05, 0) is 23.6 Å². The molecule has 0 unspecified atom stereocenters. The maximum atomic E-state index is 14.1. The first-order valence-corrected chi connectivity index (χ1v) is 13.9. The van der Waals surface area contributed by atoms with Crippen LogP contribution in [0.3, 0.4) is 0 Å². The summed E-state index contributed by atoms with van der Waals surface area (Å²) in [4.78, 5) is 16.9. The Labute approximate surface area is 243 Å². The Hall–Kier alpha value is -3.05. The summed E-state index contributed by atoms with van der Waals surface area (Å²) in [6, 6.07) is 29.2. The molecule has 2 heterocycles. The van der Waals surface area contributed by atoms with Gasteiger partial charge < -0.3 is 19.3 Å². The topological polar surface area (TPSA) is 85.7 Å². The second kappa shape index (κ2) is 11.1. The van der Waals surface area contributed by atoms with Crippen molar-refractivity contribution in [2.75, 3.05) is 20.0 Å². The van der Waals surface area contributed by atoms with Crippen molar-refractivity contribution >= 4 is 24.8 Å². The van der Waals surface area contributed by atoms with Gasteiger partial charge >= 0.3 is 5.69 Å². The fourth-order valence-electron chi connectivity index (χ4n) is 6.26. The Morgan fingerprint density at radius 3 is 1.80 bits per heavy atom. The standard InChI is InChI=1S/C31H32N2O5S2/c1-21-19-33(28(35)32-27(21)40)31(30(36-2,37-3)26(34)25(20-39)38-31)29(22-13-7-4-8-14-22,23-15-9-5-10-16-23)24-17-11-6-12-18-24/h4-19,25-26,34,39H,20H2,1-3H3,(H,32,35,40)/t25-,26-,31-/m1/s1. The van der Waals surface area contributed by atoms with Crippen LogP contribution in [-0.4, -0.2) is 52.6 Å². The van der Waals surface area contributed by atoms with E-state index < -0.39 is 34.8 Å². The van der Waals surface area contributed by atoms with Gasteiger partial charge in [-0.3, -0.25) is 9.55 Å². The summed E-state index contributed by atoms with van der Waals surface area (Å²) in [7, 11) is 2.89. The highest BCUT2D eigenvalue weighted by Crippen LogP contribution is 2.61. The summed E-state index contributed by atoms with van der Waals surface area (Å²) in [6.07, 6.45) is -0.578. The molecule has 9 heteroatoms. The third-order valence-electron chi connectivity index (χ3n) is 7.91. The van der Waals surface area contributed by atoms with Crippen LogP contribution in [0.25, 0.3) is 0 Å². The first-order chi connectivity index (χ1) is 19.3. The number of hydrogen-bond acceptors (Lipinski definition) is 7. The van der Waals surface area contributed by atoms with Crippen LogP contribution < -0.4 is 5.69 Å². The van der Waals surface area contributed by atoms with E-state index >= 15 is 0 Å². The number of methoxy groups -OCH3 is 2. The summed E-state index contributed by atoms with van der Waals surface area (Å²) < 4.78 is 21.2. The van der Waals surface area contributed by atoms with Crippen LogP contribution in [0, 0.1) is 11.6 Å². The third kappa shape index (κ3) is 3.88. The maximum Gasteiger partial charge on any atom is 0.329 e. The Morgan fingerprint density at radius 2 is 1.40 bits per heavy atom. The zero-order valence-electron chi connectivity index (χ0n) is 22.5. The van der Waals surface area contributed by atoms with Crippen LogP contribution in [-0.2, 0) is 25.4 Å². The molecule has 0 radical (unpaired) electrons. The van der Waals surface area contributed by atoms with Crippen LogP contribution in [0.4, 0.5) is 0 Å². The fraction of sp³-hybridized carbons (Fsp3) is 0.290. The SMILES string of the molecule is COC1(OC)[C@H](O)[C@@H](CS)O[C@]1(n1cc(C)c(=S)[nH]c1=O)C(c1ccccc1)(c1ccccc1)c1ccccc1. The summed E-state index contributed by atoms with van der Waals surface area (Å²) in [5.74, 6) is -1.78. The Bertz CT molecular complexity index is 1480. The number of H-pyrrole nitrogens is 1. The minimum absolute atomic E-state index is 0.127. The van der Waals surface area contributed by atoms with Gasteiger partial charge in [0.05, 0.1) is 5.41 Å². The van der Waals surface area contributed by atoms with E-state index in [1.165, 1.54) is 18.8 Å². The fourth-order valence-corrected chi connectivity index (χ4v) is 6.67. The lowest BCUT2D eigenvalue weighted by Crippen LogP contribution is -2.71. The molecule has 4 aromatic rings. The number of hydrogen-bond donors (Lipinski definition) is 3. The number of rotatable bonds is 8. The average molecular weight is 577 g/mol. The van der Waals surface area contributed by atoms with Gasteiger partial charge in [0, 0.05) is 31.7 Å². The summed E-state index contributed by atoms with van der Waals surface area (Å²) in [5, 5.41) is 11.9. The molecule has 3 aromatic carbocycles. The van der Waals surface area contributed by atoms with Crippen molar-refractivity contribution in [3.63, 3.8) is 0 Å². The molecule has 3 atom stereocenters. The molecule has 1 aliphatic heterocycles. The van der Waals surface area contributed by atoms with Crippen LogP contribution in [0.1, 0.15) is 22.3 Å². The molecule has 5 rings (SSSR count). The molecule has 1 fully saturated rings. The first kappa shape index (κ1) is 28.5. The maximum absolute atomic E-state index is 14.1.